The molecule has 3 amide bonds. The van der Waals surface area contributed by atoms with E-state index in [1.807, 2.05) is 0 Å². The number of carboxylic acid groups (broad SMARTS) is 1. The smallest absolute Gasteiger partial charge is 0.325 e. The van der Waals surface area contributed by atoms with E-state index in [1.165, 1.54) is 6.92 Å². The molecule has 0 spiro atoms. The molecule has 0 heterocycles. The van der Waals surface area contributed by atoms with E-state index in [9.17, 15) is 19.2 Å². The first kappa shape index (κ1) is 28.1. The summed E-state index contributed by atoms with van der Waals surface area (Å²) in [7, 11) is 0. The number of nitrogens with one attached hydrogen (secondary N) is 3. The van der Waals surface area contributed by atoms with Crippen LogP contribution in [-0.2, 0) is 19.2 Å². The lowest BCUT2D eigenvalue weighted by Gasteiger charge is -2.27. The van der Waals surface area contributed by atoms with Crippen LogP contribution < -0.4 is 33.2 Å². The molecule has 0 bridgehead atoms. The third-order valence-electron chi connectivity index (χ3n) is 4.58. The summed E-state index contributed by atoms with van der Waals surface area (Å²) in [6, 6.07) is -3.90. The Hall–Kier alpha value is -2.89. The summed E-state index contributed by atoms with van der Waals surface area (Å²) in [5, 5.41) is 16.6. The highest BCUT2D eigenvalue weighted by Crippen LogP contribution is 2.07. The molecule has 10 N–H and O–H groups in total. The van der Waals surface area contributed by atoms with Gasteiger partial charge in [0.1, 0.15) is 18.1 Å². The van der Waals surface area contributed by atoms with Gasteiger partial charge in [0, 0.05) is 6.54 Å². The van der Waals surface area contributed by atoms with Crippen molar-refractivity contribution in [3.63, 3.8) is 0 Å². The van der Waals surface area contributed by atoms with E-state index in [1.54, 1.807) is 27.7 Å². The quantitative estimate of drug-likeness (QED) is 0.0980. The van der Waals surface area contributed by atoms with Gasteiger partial charge in [0.2, 0.25) is 17.7 Å². The van der Waals surface area contributed by atoms with E-state index in [-0.39, 0.29) is 30.8 Å². The first-order valence-corrected chi connectivity index (χ1v) is 10.2. The van der Waals surface area contributed by atoms with Gasteiger partial charge in [-0.3, -0.25) is 24.2 Å². The monoisotopic (exact) mass is 443 g/mol. The van der Waals surface area contributed by atoms with Crippen LogP contribution in [-0.4, -0.2) is 65.5 Å². The van der Waals surface area contributed by atoms with E-state index in [0.717, 1.165) is 0 Å². The molecule has 0 fully saturated rings. The van der Waals surface area contributed by atoms with Crippen molar-refractivity contribution in [3.05, 3.63) is 0 Å². The molecule has 0 saturated carbocycles. The fourth-order valence-corrected chi connectivity index (χ4v) is 2.50. The molecule has 0 rings (SSSR count). The molecular formula is C19H37N7O5. The summed E-state index contributed by atoms with van der Waals surface area (Å²) in [6.07, 6.45) is 0.514. The molecule has 12 nitrogen and oxygen atoms in total. The molecule has 178 valence electrons. The minimum absolute atomic E-state index is 0.103. The zero-order chi connectivity index (χ0) is 24.3. The predicted octanol–water partition coefficient (Wildman–Crippen LogP) is -1.76. The average Bonchev–Trinajstić information content (AvgIpc) is 2.66. The molecule has 4 unspecified atom stereocenters. The summed E-state index contributed by atoms with van der Waals surface area (Å²) in [5.41, 5.74) is 16.4. The van der Waals surface area contributed by atoms with Gasteiger partial charge in [-0.05, 0) is 31.6 Å². The van der Waals surface area contributed by atoms with Crippen LogP contribution in [0.15, 0.2) is 4.99 Å². The van der Waals surface area contributed by atoms with Crippen LogP contribution in [0.2, 0.25) is 0 Å². The number of carboxylic acids is 1. The lowest BCUT2D eigenvalue weighted by molar-refractivity contribution is -0.142. The third kappa shape index (κ3) is 10.6. The first-order valence-electron chi connectivity index (χ1n) is 10.2. The van der Waals surface area contributed by atoms with Crippen LogP contribution in [0.5, 0.6) is 0 Å². The summed E-state index contributed by atoms with van der Waals surface area (Å²) < 4.78 is 0. The standard InChI is InChI=1S/C19H37N7O5/c1-9(2)13(20)16(28)26-14(10(3)4)17(29)25-12(7-6-8-23-19(21)22)15(27)24-11(5)18(30)31/h9-14H,6-8,20H2,1-5H3,(H,24,27)(H,25,29)(H,26,28)(H,30,31)(H4,21,22,23). The number of guanidine groups is 1. The number of hydrogen-bond donors (Lipinski definition) is 7. The van der Waals surface area contributed by atoms with Crippen LogP contribution in [0, 0.1) is 11.8 Å². The number of carbonyl (C=O) groups is 4. The Morgan fingerprint density at radius 1 is 0.871 bits per heavy atom. The van der Waals surface area contributed by atoms with Gasteiger partial charge in [0.05, 0.1) is 6.04 Å². The van der Waals surface area contributed by atoms with E-state index in [4.69, 9.17) is 22.3 Å². The van der Waals surface area contributed by atoms with Crippen molar-refractivity contribution in [2.75, 3.05) is 6.54 Å². The lowest BCUT2D eigenvalue weighted by Crippen LogP contribution is -2.58. The Bertz CT molecular complexity index is 662. The highest BCUT2D eigenvalue weighted by Gasteiger charge is 2.31. The maximum Gasteiger partial charge on any atom is 0.325 e. The molecule has 0 aliphatic carbocycles. The van der Waals surface area contributed by atoms with E-state index in [2.05, 4.69) is 20.9 Å². The molecule has 12 heteroatoms. The van der Waals surface area contributed by atoms with E-state index < -0.39 is 47.9 Å². The number of aliphatic imine (C=N–C) groups is 1. The van der Waals surface area contributed by atoms with Crippen molar-refractivity contribution in [3.8, 4) is 0 Å². The Labute approximate surface area is 182 Å². The van der Waals surface area contributed by atoms with Crippen LogP contribution in [0.25, 0.3) is 0 Å². The molecule has 0 radical (unpaired) electrons. The third-order valence-corrected chi connectivity index (χ3v) is 4.58. The molecule has 0 aliphatic rings. The zero-order valence-electron chi connectivity index (χ0n) is 18.8. The Kier molecular flexibility index (Phi) is 12.2. The van der Waals surface area contributed by atoms with Crippen molar-refractivity contribution in [1.82, 2.24) is 16.0 Å². The van der Waals surface area contributed by atoms with Gasteiger partial charge in [0.25, 0.3) is 0 Å². The van der Waals surface area contributed by atoms with Crippen LogP contribution in [0.1, 0.15) is 47.5 Å². The minimum Gasteiger partial charge on any atom is -0.480 e. The first-order chi connectivity index (χ1) is 14.3. The lowest BCUT2D eigenvalue weighted by atomic mass is 9.99. The Balaban J connectivity index is 5.37. The largest absolute Gasteiger partial charge is 0.480 e. The normalized spacial score (nSPS) is 14.8. The van der Waals surface area contributed by atoms with Gasteiger partial charge < -0.3 is 38.3 Å². The number of nitrogens with zero attached hydrogens (tertiary/aromatic N) is 1. The molecule has 0 aromatic heterocycles. The number of aliphatic carboxylic acids is 1. The fourth-order valence-electron chi connectivity index (χ4n) is 2.50. The van der Waals surface area contributed by atoms with Gasteiger partial charge in [-0.2, -0.15) is 0 Å². The van der Waals surface area contributed by atoms with E-state index in [0.29, 0.717) is 6.42 Å². The number of rotatable bonds is 13. The highest BCUT2D eigenvalue weighted by molar-refractivity contribution is 5.94. The molecule has 0 aliphatic heterocycles. The highest BCUT2D eigenvalue weighted by atomic mass is 16.4. The van der Waals surface area contributed by atoms with Crippen LogP contribution in [0.4, 0.5) is 0 Å². The molecule has 0 aromatic rings. The van der Waals surface area contributed by atoms with Crippen LogP contribution in [0.3, 0.4) is 0 Å². The van der Waals surface area contributed by atoms with Crippen molar-refractivity contribution >= 4 is 29.7 Å². The maximum atomic E-state index is 12.9. The molecule has 31 heavy (non-hydrogen) atoms. The maximum absolute atomic E-state index is 12.9. The summed E-state index contributed by atoms with van der Waals surface area (Å²) in [5.74, 6) is -3.45. The minimum atomic E-state index is -1.21. The van der Waals surface area contributed by atoms with Gasteiger partial charge in [-0.25, -0.2) is 0 Å². The summed E-state index contributed by atoms with van der Waals surface area (Å²) in [6.45, 7) is 8.59. The topological polar surface area (TPSA) is 215 Å². The van der Waals surface area contributed by atoms with Crippen molar-refractivity contribution in [2.24, 2.45) is 34.0 Å². The van der Waals surface area contributed by atoms with Crippen molar-refractivity contribution < 1.29 is 24.3 Å². The molecule has 4 atom stereocenters. The van der Waals surface area contributed by atoms with Gasteiger partial charge in [-0.15, -0.1) is 0 Å². The number of nitrogens with two attached hydrogens (primary N) is 3. The molecule has 0 saturated heterocycles. The average molecular weight is 444 g/mol. The molecular weight excluding hydrogens is 406 g/mol. The number of carbonyl (C=O) groups excluding carboxylic acids is 3. The predicted molar refractivity (Wildman–Crippen MR) is 117 cm³/mol. The van der Waals surface area contributed by atoms with E-state index >= 15 is 0 Å². The zero-order valence-corrected chi connectivity index (χ0v) is 18.8. The fraction of sp³-hybridized carbons (Fsp3) is 0.737. The summed E-state index contributed by atoms with van der Waals surface area (Å²) in [4.78, 5) is 52.6. The SMILES string of the molecule is CC(NC(=O)C(CCCN=C(N)N)NC(=O)C(NC(=O)C(N)C(C)C)C(C)C)C(=O)O. The number of hydrogen-bond acceptors (Lipinski definition) is 6. The second-order valence-corrected chi connectivity index (χ2v) is 8.08. The van der Waals surface area contributed by atoms with Crippen molar-refractivity contribution in [2.45, 2.75) is 71.6 Å². The Morgan fingerprint density at radius 3 is 1.90 bits per heavy atom. The second-order valence-electron chi connectivity index (χ2n) is 8.08. The van der Waals surface area contributed by atoms with Crippen LogP contribution >= 0.6 is 0 Å². The second kappa shape index (κ2) is 13.4. The van der Waals surface area contributed by atoms with Gasteiger partial charge in [-0.1, -0.05) is 27.7 Å². The molecule has 0 aromatic carbocycles. The Morgan fingerprint density at radius 2 is 1.45 bits per heavy atom. The number of amides is 3. The summed E-state index contributed by atoms with van der Waals surface area (Å²) >= 11 is 0. The van der Waals surface area contributed by atoms with Gasteiger partial charge >= 0.3 is 5.97 Å². The van der Waals surface area contributed by atoms with Crippen molar-refractivity contribution in [1.29, 1.82) is 0 Å². The van der Waals surface area contributed by atoms with Gasteiger partial charge in [0.15, 0.2) is 5.96 Å².